The number of amides is 1. The number of hydrogen-bond donors (Lipinski definition) is 2. The van der Waals surface area contributed by atoms with Crippen LogP contribution >= 0.6 is 12.6 Å². The van der Waals surface area contributed by atoms with E-state index in [4.69, 9.17) is 5.26 Å². The van der Waals surface area contributed by atoms with Gasteiger partial charge in [-0.1, -0.05) is 12.1 Å². The van der Waals surface area contributed by atoms with Crippen LogP contribution in [0.5, 0.6) is 0 Å². The minimum atomic E-state index is -0.165. The lowest BCUT2D eigenvalue weighted by atomic mass is 10.1. The highest BCUT2D eigenvalue weighted by molar-refractivity contribution is 7.80. The van der Waals surface area contributed by atoms with Crippen molar-refractivity contribution in [3.05, 3.63) is 59.7 Å². The predicted octanol–water partition coefficient (Wildman–Crippen LogP) is 3.29. The van der Waals surface area contributed by atoms with E-state index in [0.29, 0.717) is 17.7 Å². The van der Waals surface area contributed by atoms with Gasteiger partial charge < -0.3 is 5.32 Å². The summed E-state index contributed by atoms with van der Waals surface area (Å²) in [6.07, 6.45) is 0.373. The standard InChI is InChI=1S/C15H12N2OS/c16-10-9-11-1-5-13(6-2-11)17-15(18)12-3-7-14(19)8-4-12/h1-8,19H,9H2,(H,17,18). The molecule has 2 aromatic carbocycles. The van der Waals surface area contributed by atoms with E-state index in [9.17, 15) is 4.79 Å². The van der Waals surface area contributed by atoms with Gasteiger partial charge in [0.05, 0.1) is 12.5 Å². The molecule has 0 unspecified atom stereocenters. The number of rotatable bonds is 3. The number of carbonyl (C=O) groups is 1. The fourth-order valence-electron chi connectivity index (χ4n) is 1.61. The summed E-state index contributed by atoms with van der Waals surface area (Å²) in [6.45, 7) is 0. The number of benzene rings is 2. The van der Waals surface area contributed by atoms with Crippen molar-refractivity contribution in [1.29, 1.82) is 5.26 Å². The Morgan fingerprint density at radius 3 is 2.32 bits per heavy atom. The molecule has 2 aromatic rings. The van der Waals surface area contributed by atoms with Crippen molar-refractivity contribution in [1.82, 2.24) is 0 Å². The molecule has 0 aliphatic rings. The number of carbonyl (C=O) groups excluding carboxylic acids is 1. The second-order valence-electron chi connectivity index (χ2n) is 4.03. The topological polar surface area (TPSA) is 52.9 Å². The highest BCUT2D eigenvalue weighted by Gasteiger charge is 2.05. The van der Waals surface area contributed by atoms with Gasteiger partial charge in [-0.3, -0.25) is 4.79 Å². The zero-order valence-corrected chi connectivity index (χ0v) is 11.0. The number of nitrogens with zero attached hydrogens (tertiary/aromatic N) is 1. The maximum atomic E-state index is 11.9. The van der Waals surface area contributed by atoms with Crippen LogP contribution in [0.15, 0.2) is 53.4 Å². The normalized spacial score (nSPS) is 9.68. The van der Waals surface area contributed by atoms with E-state index in [2.05, 4.69) is 24.0 Å². The number of hydrogen-bond acceptors (Lipinski definition) is 3. The van der Waals surface area contributed by atoms with Crippen LogP contribution in [0.3, 0.4) is 0 Å². The summed E-state index contributed by atoms with van der Waals surface area (Å²) in [6, 6.07) is 16.3. The maximum absolute atomic E-state index is 11.9. The Kier molecular flexibility index (Phi) is 4.22. The minimum absolute atomic E-state index is 0.165. The summed E-state index contributed by atoms with van der Waals surface area (Å²) in [4.78, 5) is 12.8. The second-order valence-corrected chi connectivity index (χ2v) is 4.55. The number of anilines is 1. The molecule has 0 saturated carbocycles. The Balaban J connectivity index is 2.06. The van der Waals surface area contributed by atoms with Crippen LogP contribution in [-0.4, -0.2) is 5.91 Å². The highest BCUT2D eigenvalue weighted by atomic mass is 32.1. The highest BCUT2D eigenvalue weighted by Crippen LogP contribution is 2.13. The molecule has 0 heterocycles. The first-order chi connectivity index (χ1) is 9.19. The first-order valence-corrected chi connectivity index (χ1v) is 6.20. The summed E-state index contributed by atoms with van der Waals surface area (Å²) in [5.41, 5.74) is 2.22. The van der Waals surface area contributed by atoms with Crippen molar-refractivity contribution in [3.63, 3.8) is 0 Å². The minimum Gasteiger partial charge on any atom is -0.322 e. The molecule has 0 saturated heterocycles. The van der Waals surface area contributed by atoms with E-state index in [0.717, 1.165) is 10.5 Å². The average Bonchev–Trinajstić information content (AvgIpc) is 2.42. The molecular weight excluding hydrogens is 256 g/mol. The van der Waals surface area contributed by atoms with Crippen molar-refractivity contribution in [2.45, 2.75) is 11.3 Å². The monoisotopic (exact) mass is 268 g/mol. The zero-order chi connectivity index (χ0) is 13.7. The van der Waals surface area contributed by atoms with Gasteiger partial charge in [0.15, 0.2) is 0 Å². The maximum Gasteiger partial charge on any atom is 0.255 e. The molecule has 4 heteroatoms. The molecule has 0 atom stereocenters. The van der Waals surface area contributed by atoms with Crippen LogP contribution in [0.1, 0.15) is 15.9 Å². The number of nitrogens with one attached hydrogen (secondary N) is 1. The fourth-order valence-corrected chi connectivity index (χ4v) is 1.76. The average molecular weight is 268 g/mol. The molecule has 0 radical (unpaired) electrons. The number of thiol groups is 1. The van der Waals surface area contributed by atoms with Crippen molar-refractivity contribution >= 4 is 24.2 Å². The molecule has 2 rings (SSSR count). The summed E-state index contributed by atoms with van der Waals surface area (Å²) < 4.78 is 0. The third kappa shape index (κ3) is 3.60. The molecule has 1 amide bonds. The van der Waals surface area contributed by atoms with Crippen LogP contribution in [0.2, 0.25) is 0 Å². The van der Waals surface area contributed by atoms with E-state index < -0.39 is 0 Å². The van der Waals surface area contributed by atoms with E-state index in [1.165, 1.54) is 0 Å². The Hall–Kier alpha value is -2.25. The molecule has 94 valence electrons. The fraction of sp³-hybridized carbons (Fsp3) is 0.0667. The molecule has 0 aliphatic carbocycles. The molecule has 0 bridgehead atoms. The molecule has 3 nitrogen and oxygen atoms in total. The van der Waals surface area contributed by atoms with Gasteiger partial charge >= 0.3 is 0 Å². The van der Waals surface area contributed by atoms with Crippen molar-refractivity contribution in [3.8, 4) is 6.07 Å². The molecule has 19 heavy (non-hydrogen) atoms. The Morgan fingerprint density at radius 1 is 1.11 bits per heavy atom. The summed E-state index contributed by atoms with van der Waals surface area (Å²) in [5.74, 6) is -0.165. The third-order valence-electron chi connectivity index (χ3n) is 2.62. The molecule has 0 fully saturated rings. The van der Waals surface area contributed by atoms with E-state index >= 15 is 0 Å². The van der Waals surface area contributed by atoms with Crippen LogP contribution < -0.4 is 5.32 Å². The molecule has 0 spiro atoms. The van der Waals surface area contributed by atoms with Gasteiger partial charge in [0.25, 0.3) is 5.91 Å². The van der Waals surface area contributed by atoms with E-state index in [1.54, 1.807) is 36.4 Å². The quantitative estimate of drug-likeness (QED) is 0.839. The SMILES string of the molecule is N#CCc1ccc(NC(=O)c2ccc(S)cc2)cc1. The number of nitriles is 1. The van der Waals surface area contributed by atoms with Gasteiger partial charge in [0.2, 0.25) is 0 Å². The van der Waals surface area contributed by atoms with Gasteiger partial charge in [0.1, 0.15) is 0 Å². The van der Waals surface area contributed by atoms with Crippen molar-refractivity contribution in [2.75, 3.05) is 5.32 Å². The van der Waals surface area contributed by atoms with Crippen molar-refractivity contribution in [2.24, 2.45) is 0 Å². The first-order valence-electron chi connectivity index (χ1n) is 5.75. The predicted molar refractivity (Wildman–Crippen MR) is 77.4 cm³/mol. The zero-order valence-electron chi connectivity index (χ0n) is 10.1. The largest absolute Gasteiger partial charge is 0.322 e. The summed E-state index contributed by atoms with van der Waals surface area (Å²) in [5, 5.41) is 11.4. The smallest absolute Gasteiger partial charge is 0.255 e. The van der Waals surface area contributed by atoms with E-state index in [-0.39, 0.29) is 5.91 Å². The Bertz CT molecular complexity index is 612. The van der Waals surface area contributed by atoms with E-state index in [1.807, 2.05) is 12.1 Å². The molecule has 1 N–H and O–H groups in total. The molecule has 0 aromatic heterocycles. The van der Waals surface area contributed by atoms with Gasteiger partial charge in [-0.05, 0) is 42.0 Å². The van der Waals surface area contributed by atoms with Gasteiger partial charge in [0, 0.05) is 16.1 Å². The molecular formula is C15H12N2OS. The van der Waals surface area contributed by atoms with Crippen LogP contribution in [-0.2, 0) is 6.42 Å². The molecule has 0 aliphatic heterocycles. The lowest BCUT2D eigenvalue weighted by Crippen LogP contribution is -2.11. The van der Waals surface area contributed by atoms with Crippen LogP contribution in [0.25, 0.3) is 0 Å². The van der Waals surface area contributed by atoms with Gasteiger partial charge in [-0.2, -0.15) is 5.26 Å². The third-order valence-corrected chi connectivity index (χ3v) is 2.92. The lowest BCUT2D eigenvalue weighted by Gasteiger charge is -2.06. The Labute approximate surface area is 117 Å². The first kappa shape index (κ1) is 13.2. The summed E-state index contributed by atoms with van der Waals surface area (Å²) in [7, 11) is 0. The van der Waals surface area contributed by atoms with Gasteiger partial charge in [-0.15, -0.1) is 12.6 Å². The van der Waals surface area contributed by atoms with Gasteiger partial charge in [-0.25, -0.2) is 0 Å². The van der Waals surface area contributed by atoms with Crippen LogP contribution in [0, 0.1) is 11.3 Å². The lowest BCUT2D eigenvalue weighted by molar-refractivity contribution is 0.102. The van der Waals surface area contributed by atoms with Crippen molar-refractivity contribution < 1.29 is 4.79 Å². The summed E-state index contributed by atoms with van der Waals surface area (Å²) >= 11 is 4.17. The second kappa shape index (κ2) is 6.07. The Morgan fingerprint density at radius 2 is 1.74 bits per heavy atom. The van der Waals surface area contributed by atoms with Crippen LogP contribution in [0.4, 0.5) is 5.69 Å².